The number of carbonyl (C=O) groups excluding carboxylic acids is 1. The number of aromatic nitrogens is 1. The fourth-order valence-electron chi connectivity index (χ4n) is 2.11. The second-order valence-electron chi connectivity index (χ2n) is 4.62. The molecule has 0 aliphatic carbocycles. The Morgan fingerprint density at radius 3 is 2.52 bits per heavy atom. The molecule has 21 heavy (non-hydrogen) atoms. The fraction of sp³-hybridized carbons (Fsp3) is 0.267. The molecule has 1 heterocycles. The van der Waals surface area contributed by atoms with Crippen LogP contribution in [0.1, 0.15) is 28.5 Å². The molecule has 0 bridgehead atoms. The maximum Gasteiger partial charge on any atom is 0.355 e. The van der Waals surface area contributed by atoms with Crippen LogP contribution in [0.15, 0.2) is 36.5 Å². The molecule has 2 rings (SSSR count). The van der Waals surface area contributed by atoms with Crippen LogP contribution in [-0.2, 0) is 11.3 Å². The van der Waals surface area contributed by atoms with Crippen LogP contribution in [0.4, 0.5) is 5.69 Å². The second kappa shape index (κ2) is 6.21. The number of carbonyl (C=O) groups is 1. The monoisotopic (exact) mass is 288 g/mol. The van der Waals surface area contributed by atoms with E-state index in [1.54, 1.807) is 23.6 Å². The van der Waals surface area contributed by atoms with Crippen molar-refractivity contribution in [1.29, 1.82) is 0 Å². The molecule has 0 aliphatic rings. The van der Waals surface area contributed by atoms with E-state index in [1.807, 2.05) is 19.2 Å². The third-order valence-electron chi connectivity index (χ3n) is 3.13. The van der Waals surface area contributed by atoms with Gasteiger partial charge in [0.2, 0.25) is 0 Å². The number of non-ortho nitro benzene ring substituents is 1. The van der Waals surface area contributed by atoms with Gasteiger partial charge in [0.1, 0.15) is 5.69 Å². The number of rotatable bonds is 5. The van der Waals surface area contributed by atoms with Gasteiger partial charge in [0.25, 0.3) is 5.69 Å². The minimum absolute atomic E-state index is 0.0491. The summed E-state index contributed by atoms with van der Waals surface area (Å²) in [7, 11) is 0. The Kier molecular flexibility index (Phi) is 4.37. The summed E-state index contributed by atoms with van der Waals surface area (Å²) < 4.78 is 6.83. The number of benzene rings is 1. The van der Waals surface area contributed by atoms with Crippen molar-refractivity contribution >= 4 is 11.7 Å². The van der Waals surface area contributed by atoms with Gasteiger partial charge >= 0.3 is 5.97 Å². The van der Waals surface area contributed by atoms with Crippen molar-refractivity contribution in [2.45, 2.75) is 20.4 Å². The average molecular weight is 288 g/mol. The van der Waals surface area contributed by atoms with E-state index < -0.39 is 4.92 Å². The summed E-state index contributed by atoms with van der Waals surface area (Å²) in [6.07, 6.45) is 1.81. The number of hydrogen-bond acceptors (Lipinski definition) is 4. The van der Waals surface area contributed by atoms with Crippen LogP contribution in [0.2, 0.25) is 0 Å². The van der Waals surface area contributed by atoms with E-state index in [4.69, 9.17) is 4.74 Å². The predicted octanol–water partition coefficient (Wildman–Crippen LogP) is 2.93. The van der Waals surface area contributed by atoms with Crippen LogP contribution in [0.3, 0.4) is 0 Å². The molecule has 0 N–H and O–H groups in total. The first kappa shape index (κ1) is 14.8. The minimum Gasteiger partial charge on any atom is -0.461 e. The van der Waals surface area contributed by atoms with E-state index in [1.165, 1.54) is 12.1 Å². The lowest BCUT2D eigenvalue weighted by Crippen LogP contribution is -2.13. The maximum absolute atomic E-state index is 11.9. The van der Waals surface area contributed by atoms with Gasteiger partial charge < -0.3 is 9.30 Å². The molecule has 0 unspecified atom stereocenters. The zero-order valence-electron chi connectivity index (χ0n) is 11.9. The highest BCUT2D eigenvalue weighted by atomic mass is 16.6. The number of hydrogen-bond donors (Lipinski definition) is 0. The third kappa shape index (κ3) is 3.28. The molecular formula is C15H16N2O4. The largest absolute Gasteiger partial charge is 0.461 e. The quantitative estimate of drug-likeness (QED) is 0.481. The van der Waals surface area contributed by atoms with Crippen LogP contribution >= 0.6 is 0 Å². The molecule has 0 saturated heterocycles. The molecule has 0 radical (unpaired) electrons. The lowest BCUT2D eigenvalue weighted by molar-refractivity contribution is -0.384. The van der Waals surface area contributed by atoms with E-state index in [0.29, 0.717) is 18.8 Å². The third-order valence-corrected chi connectivity index (χ3v) is 3.13. The second-order valence-corrected chi connectivity index (χ2v) is 4.62. The maximum atomic E-state index is 11.9. The Hall–Kier alpha value is -2.63. The summed E-state index contributed by atoms with van der Waals surface area (Å²) in [5.41, 5.74) is 2.28. The molecule has 1 aromatic heterocycles. The Balaban J connectivity index is 2.23. The van der Waals surface area contributed by atoms with Gasteiger partial charge in [-0.05, 0) is 31.0 Å². The molecule has 0 aliphatic heterocycles. The molecular weight excluding hydrogens is 272 g/mol. The Morgan fingerprint density at radius 2 is 1.95 bits per heavy atom. The van der Waals surface area contributed by atoms with Gasteiger partial charge in [0.05, 0.1) is 11.5 Å². The van der Waals surface area contributed by atoms with Crippen molar-refractivity contribution < 1.29 is 14.5 Å². The minimum atomic E-state index is -0.437. The van der Waals surface area contributed by atoms with Crippen LogP contribution in [0.5, 0.6) is 0 Å². The SMILES string of the molecule is CCOC(=O)c1c(C)ccn1Cc1ccc([N+](=O)[O-])cc1. The van der Waals surface area contributed by atoms with Crippen molar-refractivity contribution in [2.24, 2.45) is 0 Å². The molecule has 0 atom stereocenters. The van der Waals surface area contributed by atoms with Crippen molar-refractivity contribution in [3.05, 3.63) is 63.5 Å². The first-order valence-corrected chi connectivity index (χ1v) is 6.59. The van der Waals surface area contributed by atoms with Crippen molar-refractivity contribution in [3.63, 3.8) is 0 Å². The first-order chi connectivity index (χ1) is 10.0. The number of nitro groups is 1. The van der Waals surface area contributed by atoms with Crippen LogP contribution in [0.25, 0.3) is 0 Å². The topological polar surface area (TPSA) is 74.4 Å². The summed E-state index contributed by atoms with van der Waals surface area (Å²) in [6, 6.07) is 8.12. The average Bonchev–Trinajstić information content (AvgIpc) is 2.80. The molecule has 0 amide bonds. The lowest BCUT2D eigenvalue weighted by Gasteiger charge is -2.09. The van der Waals surface area contributed by atoms with E-state index in [0.717, 1.165) is 11.1 Å². The van der Waals surface area contributed by atoms with Crippen molar-refractivity contribution in [2.75, 3.05) is 6.61 Å². The van der Waals surface area contributed by atoms with Crippen LogP contribution < -0.4 is 0 Å². The Morgan fingerprint density at radius 1 is 1.29 bits per heavy atom. The molecule has 0 fully saturated rings. The number of esters is 1. The number of nitro benzene ring substituents is 1. The molecule has 110 valence electrons. The summed E-state index contributed by atoms with van der Waals surface area (Å²) in [6.45, 7) is 4.39. The Bertz CT molecular complexity index is 659. The van der Waals surface area contributed by atoms with Gasteiger partial charge in [-0.15, -0.1) is 0 Å². The summed E-state index contributed by atoms with van der Waals surface area (Å²) in [5, 5.41) is 10.6. The molecule has 0 saturated carbocycles. The summed E-state index contributed by atoms with van der Waals surface area (Å²) in [5.74, 6) is -0.359. The highest BCUT2D eigenvalue weighted by Crippen LogP contribution is 2.16. The summed E-state index contributed by atoms with van der Waals surface area (Å²) >= 11 is 0. The Labute approximate surface area is 122 Å². The molecule has 0 spiro atoms. The molecule has 6 nitrogen and oxygen atoms in total. The van der Waals surface area contributed by atoms with Gasteiger partial charge in [-0.3, -0.25) is 10.1 Å². The fourth-order valence-corrected chi connectivity index (χ4v) is 2.11. The van der Waals surface area contributed by atoms with Crippen LogP contribution in [0, 0.1) is 17.0 Å². The highest BCUT2D eigenvalue weighted by molar-refractivity contribution is 5.89. The van der Waals surface area contributed by atoms with E-state index in [9.17, 15) is 14.9 Å². The van der Waals surface area contributed by atoms with Gasteiger partial charge in [-0.25, -0.2) is 4.79 Å². The molecule has 1 aromatic carbocycles. The lowest BCUT2D eigenvalue weighted by atomic mass is 10.2. The van der Waals surface area contributed by atoms with Gasteiger partial charge in [0.15, 0.2) is 0 Å². The number of ether oxygens (including phenoxy) is 1. The van der Waals surface area contributed by atoms with E-state index in [2.05, 4.69) is 0 Å². The number of aryl methyl sites for hydroxylation is 1. The smallest absolute Gasteiger partial charge is 0.355 e. The molecule has 2 aromatic rings. The molecule has 6 heteroatoms. The standard InChI is InChI=1S/C15H16N2O4/c1-3-21-15(18)14-11(2)8-9-16(14)10-12-4-6-13(7-5-12)17(19)20/h4-9H,3,10H2,1-2H3. The van der Waals surface area contributed by atoms with E-state index >= 15 is 0 Å². The predicted molar refractivity (Wildman–Crippen MR) is 77.3 cm³/mol. The first-order valence-electron chi connectivity index (χ1n) is 6.59. The van der Waals surface area contributed by atoms with E-state index in [-0.39, 0.29) is 11.7 Å². The zero-order chi connectivity index (χ0) is 15.4. The van der Waals surface area contributed by atoms with Crippen molar-refractivity contribution in [1.82, 2.24) is 4.57 Å². The van der Waals surface area contributed by atoms with Gasteiger partial charge in [-0.2, -0.15) is 0 Å². The van der Waals surface area contributed by atoms with Crippen LogP contribution in [-0.4, -0.2) is 22.1 Å². The normalized spacial score (nSPS) is 10.4. The highest BCUT2D eigenvalue weighted by Gasteiger charge is 2.16. The number of nitrogens with zero attached hydrogens (tertiary/aromatic N) is 2. The summed E-state index contributed by atoms with van der Waals surface area (Å²) in [4.78, 5) is 22.1. The van der Waals surface area contributed by atoms with Gasteiger partial charge in [-0.1, -0.05) is 12.1 Å². The van der Waals surface area contributed by atoms with Gasteiger partial charge in [0, 0.05) is 24.9 Å². The zero-order valence-corrected chi connectivity index (χ0v) is 11.9. The van der Waals surface area contributed by atoms with Crippen molar-refractivity contribution in [3.8, 4) is 0 Å².